The minimum absolute atomic E-state index is 0.00127. The highest BCUT2D eigenvalue weighted by atomic mass is 16.6. The lowest BCUT2D eigenvalue weighted by Gasteiger charge is -2.61. The Labute approximate surface area is 165 Å². The van der Waals surface area contributed by atoms with Gasteiger partial charge in [-0.25, -0.2) is 0 Å². The molecule has 0 amide bonds. The topological polar surface area (TPSA) is 75.0 Å². The molecule has 7 unspecified atom stereocenters. The van der Waals surface area contributed by atoms with Gasteiger partial charge in [0.05, 0.1) is 13.2 Å². The Kier molecular flexibility index (Phi) is 2.99. The van der Waals surface area contributed by atoms with Crippen LogP contribution in [-0.2, 0) is 16.6 Å². The second kappa shape index (κ2) is 4.95. The molecule has 7 atom stereocenters. The van der Waals surface area contributed by atoms with Crippen LogP contribution in [0, 0.1) is 22.8 Å². The fourth-order valence-electron chi connectivity index (χ4n) is 8.16. The van der Waals surface area contributed by atoms with E-state index in [2.05, 4.69) is 12.3 Å². The van der Waals surface area contributed by atoms with Gasteiger partial charge in [-0.05, 0) is 44.2 Å². The summed E-state index contributed by atoms with van der Waals surface area (Å²) in [5.74, 6) is 1.64. The summed E-state index contributed by atoms with van der Waals surface area (Å²) in [6.45, 7) is 2.61. The van der Waals surface area contributed by atoms with Crippen LogP contribution in [0.15, 0.2) is 12.1 Å². The van der Waals surface area contributed by atoms with Crippen molar-refractivity contribution in [3.05, 3.63) is 23.3 Å². The van der Waals surface area contributed by atoms with E-state index < -0.39 is 11.7 Å². The predicted molar refractivity (Wildman–Crippen MR) is 100 cm³/mol. The van der Waals surface area contributed by atoms with E-state index in [4.69, 9.17) is 14.2 Å². The zero-order valence-corrected chi connectivity index (χ0v) is 16.6. The van der Waals surface area contributed by atoms with Crippen molar-refractivity contribution < 1.29 is 19.3 Å². The summed E-state index contributed by atoms with van der Waals surface area (Å²) in [7, 11) is 3.45. The Morgan fingerprint density at radius 3 is 2.89 bits per heavy atom. The molecule has 0 radical (unpaired) electrons. The van der Waals surface area contributed by atoms with Crippen LogP contribution in [0.2, 0.25) is 0 Å². The van der Waals surface area contributed by atoms with E-state index in [0.717, 1.165) is 43.7 Å². The number of ether oxygens (including phenoxy) is 3. The molecule has 2 heterocycles. The Bertz CT molecular complexity index is 926. The molecule has 148 valence electrons. The number of piperidine rings is 1. The van der Waals surface area contributed by atoms with Crippen molar-refractivity contribution in [2.75, 3.05) is 20.8 Å². The standard InChI is InChI=1S/C22H26N2O4/c1-12(25)14-9-20-10-22(14,27-3)19-21(20)6-7-24(11-23)16(20)8-13-4-5-15(26-2)18(28-19)17(13)21/h4-5,12,14,16,19,25H,6-10H2,1-3H3. The van der Waals surface area contributed by atoms with Crippen LogP contribution in [0.25, 0.3) is 0 Å². The van der Waals surface area contributed by atoms with Crippen molar-refractivity contribution in [1.82, 2.24) is 4.90 Å². The van der Waals surface area contributed by atoms with Crippen LogP contribution in [0.5, 0.6) is 11.5 Å². The van der Waals surface area contributed by atoms with Crippen LogP contribution in [0.4, 0.5) is 0 Å². The SMILES string of the molecule is COc1ccc2c3c1OC1C4(OC)CC5(CC4C(C)O)C(C2)N(C#N)CCC315. The van der Waals surface area contributed by atoms with Crippen molar-refractivity contribution in [2.24, 2.45) is 11.3 Å². The fraction of sp³-hybridized carbons (Fsp3) is 0.682. The largest absolute Gasteiger partial charge is 0.493 e. The number of methoxy groups -OCH3 is 2. The van der Waals surface area contributed by atoms with E-state index >= 15 is 0 Å². The monoisotopic (exact) mass is 382 g/mol. The molecule has 2 spiro atoms. The first-order valence-electron chi connectivity index (χ1n) is 10.3. The second-order valence-corrected chi connectivity index (χ2v) is 9.41. The van der Waals surface area contributed by atoms with E-state index in [0.29, 0.717) is 0 Å². The number of likely N-dealkylation sites (tertiary alicyclic amines) is 1. The van der Waals surface area contributed by atoms with Gasteiger partial charge < -0.3 is 24.2 Å². The van der Waals surface area contributed by atoms with Crippen molar-refractivity contribution in [3.8, 4) is 17.7 Å². The maximum Gasteiger partial charge on any atom is 0.179 e. The molecule has 2 saturated carbocycles. The van der Waals surface area contributed by atoms with E-state index in [1.54, 1.807) is 14.2 Å². The summed E-state index contributed by atoms with van der Waals surface area (Å²) < 4.78 is 18.7. The normalized spacial score (nSPS) is 44.7. The summed E-state index contributed by atoms with van der Waals surface area (Å²) in [4.78, 5) is 1.99. The van der Waals surface area contributed by atoms with E-state index in [1.165, 1.54) is 11.1 Å². The lowest BCUT2D eigenvalue weighted by Crippen LogP contribution is -2.69. The Morgan fingerprint density at radius 1 is 1.39 bits per heavy atom. The number of benzene rings is 1. The van der Waals surface area contributed by atoms with Gasteiger partial charge in [0.2, 0.25) is 0 Å². The van der Waals surface area contributed by atoms with Crippen molar-refractivity contribution in [3.63, 3.8) is 0 Å². The molecule has 1 aromatic rings. The molecule has 6 heteroatoms. The average molecular weight is 382 g/mol. The number of hydrogen-bond acceptors (Lipinski definition) is 6. The van der Waals surface area contributed by atoms with Crippen LogP contribution in [0.1, 0.15) is 37.3 Å². The first-order chi connectivity index (χ1) is 13.5. The highest BCUT2D eigenvalue weighted by Crippen LogP contribution is 2.79. The number of fused-ring (bicyclic) bond motifs is 2. The zero-order valence-electron chi connectivity index (χ0n) is 16.6. The van der Waals surface area contributed by atoms with Gasteiger partial charge in [0.25, 0.3) is 0 Å². The van der Waals surface area contributed by atoms with Crippen molar-refractivity contribution in [2.45, 2.75) is 61.9 Å². The van der Waals surface area contributed by atoms with E-state index in [9.17, 15) is 10.4 Å². The van der Waals surface area contributed by atoms with Crippen LogP contribution >= 0.6 is 0 Å². The van der Waals surface area contributed by atoms with Gasteiger partial charge >= 0.3 is 0 Å². The molecule has 0 aromatic heterocycles. The van der Waals surface area contributed by atoms with Crippen LogP contribution in [-0.4, -0.2) is 54.6 Å². The van der Waals surface area contributed by atoms with Gasteiger partial charge in [-0.3, -0.25) is 0 Å². The molecule has 28 heavy (non-hydrogen) atoms. The summed E-state index contributed by atoms with van der Waals surface area (Å²) >= 11 is 0. The molecule has 3 aliphatic carbocycles. The van der Waals surface area contributed by atoms with Crippen LogP contribution < -0.4 is 9.47 Å². The summed E-state index contributed by atoms with van der Waals surface area (Å²) in [5.41, 5.74) is 1.76. The molecule has 4 bridgehead atoms. The van der Waals surface area contributed by atoms with Crippen molar-refractivity contribution >= 4 is 0 Å². The Morgan fingerprint density at radius 2 is 2.21 bits per heavy atom. The zero-order chi connectivity index (χ0) is 19.5. The van der Waals surface area contributed by atoms with Gasteiger partial charge in [-0.1, -0.05) is 6.07 Å². The molecule has 2 aliphatic heterocycles. The number of aliphatic hydroxyl groups is 1. The third-order valence-electron chi connectivity index (χ3n) is 8.96. The maximum absolute atomic E-state index is 10.7. The summed E-state index contributed by atoms with van der Waals surface area (Å²) in [6.07, 6.45) is 5.28. The Hall–Kier alpha value is -1.97. The number of hydrogen-bond donors (Lipinski definition) is 1. The van der Waals surface area contributed by atoms with E-state index in [-0.39, 0.29) is 28.9 Å². The lowest BCUT2D eigenvalue weighted by atomic mass is 9.47. The summed E-state index contributed by atoms with van der Waals surface area (Å²) in [5, 5.41) is 20.6. The molecule has 1 saturated heterocycles. The summed E-state index contributed by atoms with van der Waals surface area (Å²) in [6, 6.07) is 4.28. The molecule has 5 aliphatic rings. The number of aliphatic hydroxyl groups excluding tert-OH is 1. The fourth-order valence-corrected chi connectivity index (χ4v) is 8.16. The molecule has 6 nitrogen and oxygen atoms in total. The van der Waals surface area contributed by atoms with Gasteiger partial charge in [0.15, 0.2) is 17.7 Å². The number of nitriles is 1. The first kappa shape index (κ1) is 16.9. The molecule has 1 aromatic carbocycles. The number of nitrogens with zero attached hydrogens (tertiary/aromatic N) is 2. The molecular weight excluding hydrogens is 356 g/mol. The third-order valence-corrected chi connectivity index (χ3v) is 8.96. The number of rotatable bonds is 3. The maximum atomic E-state index is 10.7. The minimum atomic E-state index is -0.538. The molecular formula is C22H26N2O4. The Balaban J connectivity index is 1.68. The van der Waals surface area contributed by atoms with E-state index in [1.807, 2.05) is 17.9 Å². The van der Waals surface area contributed by atoms with Gasteiger partial charge in [0.1, 0.15) is 11.7 Å². The first-order valence-corrected chi connectivity index (χ1v) is 10.3. The second-order valence-electron chi connectivity index (χ2n) is 9.41. The quantitative estimate of drug-likeness (QED) is 0.806. The highest BCUT2D eigenvalue weighted by molar-refractivity contribution is 5.64. The third kappa shape index (κ3) is 1.44. The van der Waals surface area contributed by atoms with Crippen molar-refractivity contribution in [1.29, 1.82) is 5.26 Å². The van der Waals surface area contributed by atoms with Crippen LogP contribution in [0.3, 0.4) is 0 Å². The minimum Gasteiger partial charge on any atom is -0.493 e. The smallest absolute Gasteiger partial charge is 0.179 e. The molecule has 6 rings (SSSR count). The highest BCUT2D eigenvalue weighted by Gasteiger charge is 2.85. The van der Waals surface area contributed by atoms with Gasteiger partial charge in [-0.2, -0.15) is 5.26 Å². The van der Waals surface area contributed by atoms with Gasteiger partial charge in [-0.15, -0.1) is 0 Å². The average Bonchev–Trinajstić information content (AvgIpc) is 3.29. The predicted octanol–water partition coefficient (Wildman–Crippen LogP) is 1.98. The van der Waals surface area contributed by atoms with Gasteiger partial charge in [0, 0.05) is 42.0 Å². The molecule has 1 N–H and O–H groups in total. The lowest BCUT2D eigenvalue weighted by molar-refractivity contribution is -0.160. The molecule has 3 fully saturated rings.